The third-order valence-corrected chi connectivity index (χ3v) is 4.54. The minimum atomic E-state index is -0.244. The van der Waals surface area contributed by atoms with E-state index >= 15 is 0 Å². The van der Waals surface area contributed by atoms with Crippen LogP contribution in [0.15, 0.2) is 48.7 Å². The van der Waals surface area contributed by atoms with E-state index in [1.54, 1.807) is 6.07 Å². The maximum atomic E-state index is 13.5. The number of aromatic nitrogens is 2. The molecule has 1 fully saturated rings. The maximum absolute atomic E-state index is 13.5. The number of halogens is 1. The molecule has 1 saturated heterocycles. The van der Waals surface area contributed by atoms with Crippen LogP contribution in [-0.4, -0.2) is 36.1 Å². The van der Waals surface area contributed by atoms with E-state index < -0.39 is 0 Å². The normalized spacial score (nSPS) is 15.1. The Bertz CT molecular complexity index is 858. The number of piperazine rings is 1. The Morgan fingerprint density at radius 2 is 1.67 bits per heavy atom. The number of aryl methyl sites for hydroxylation is 1. The Hall–Kier alpha value is -2.69. The molecular formula is C19H19FN4. The van der Waals surface area contributed by atoms with Crippen LogP contribution in [-0.2, 0) is 0 Å². The highest BCUT2D eigenvalue weighted by atomic mass is 19.1. The van der Waals surface area contributed by atoms with Gasteiger partial charge in [-0.3, -0.25) is 0 Å². The van der Waals surface area contributed by atoms with E-state index in [0.29, 0.717) is 0 Å². The smallest absolute Gasteiger partial charge is 0.129 e. The fourth-order valence-electron chi connectivity index (χ4n) is 3.23. The van der Waals surface area contributed by atoms with Gasteiger partial charge in [-0.15, -0.1) is 0 Å². The Morgan fingerprint density at radius 1 is 0.917 bits per heavy atom. The van der Waals surface area contributed by atoms with Crippen LogP contribution in [0.4, 0.5) is 16.0 Å². The minimum absolute atomic E-state index is 0.244. The molecule has 3 aromatic rings. The summed E-state index contributed by atoms with van der Waals surface area (Å²) in [5.41, 5.74) is 1.85. The van der Waals surface area contributed by atoms with Gasteiger partial charge in [0.15, 0.2) is 0 Å². The molecule has 4 rings (SSSR count). The summed E-state index contributed by atoms with van der Waals surface area (Å²) < 4.78 is 13.5. The number of pyridine rings is 2. The van der Waals surface area contributed by atoms with Crippen LogP contribution in [0.2, 0.25) is 0 Å². The van der Waals surface area contributed by atoms with Crippen LogP contribution in [0.1, 0.15) is 5.56 Å². The van der Waals surface area contributed by atoms with Crippen LogP contribution >= 0.6 is 0 Å². The zero-order valence-corrected chi connectivity index (χ0v) is 13.6. The van der Waals surface area contributed by atoms with Crippen LogP contribution < -0.4 is 9.80 Å². The lowest BCUT2D eigenvalue weighted by Gasteiger charge is -2.36. The highest BCUT2D eigenvalue weighted by molar-refractivity contribution is 5.84. The average molecular weight is 322 g/mol. The molecule has 0 atom stereocenters. The molecule has 0 amide bonds. The van der Waals surface area contributed by atoms with Gasteiger partial charge >= 0.3 is 0 Å². The number of hydrogen-bond acceptors (Lipinski definition) is 4. The summed E-state index contributed by atoms with van der Waals surface area (Å²) in [4.78, 5) is 13.6. The molecule has 0 spiro atoms. The van der Waals surface area contributed by atoms with E-state index in [9.17, 15) is 4.39 Å². The number of fused-ring (bicyclic) bond motifs is 1. The van der Waals surface area contributed by atoms with Crippen molar-refractivity contribution < 1.29 is 4.39 Å². The van der Waals surface area contributed by atoms with E-state index in [1.807, 2.05) is 24.4 Å². The maximum Gasteiger partial charge on any atom is 0.129 e. The number of anilines is 2. The average Bonchev–Trinajstić information content (AvgIpc) is 2.62. The number of rotatable bonds is 2. The summed E-state index contributed by atoms with van der Waals surface area (Å²) in [7, 11) is 0. The Balaban J connectivity index is 1.56. The largest absolute Gasteiger partial charge is 0.353 e. The number of hydrogen-bond donors (Lipinski definition) is 0. The van der Waals surface area contributed by atoms with Gasteiger partial charge in [-0.25, -0.2) is 14.4 Å². The Labute approximate surface area is 140 Å². The van der Waals surface area contributed by atoms with Gasteiger partial charge in [-0.05, 0) is 42.8 Å². The second-order valence-electron chi connectivity index (χ2n) is 6.12. The minimum Gasteiger partial charge on any atom is -0.353 e. The molecule has 2 aromatic heterocycles. The van der Waals surface area contributed by atoms with Gasteiger partial charge in [-0.2, -0.15) is 0 Å². The molecular weight excluding hydrogens is 303 g/mol. The summed E-state index contributed by atoms with van der Waals surface area (Å²) in [6.07, 6.45) is 1.82. The van der Waals surface area contributed by atoms with Gasteiger partial charge in [0, 0.05) is 43.8 Å². The first-order valence-electron chi connectivity index (χ1n) is 8.18. The first-order valence-corrected chi connectivity index (χ1v) is 8.18. The second kappa shape index (κ2) is 6.07. The van der Waals surface area contributed by atoms with Crippen molar-refractivity contribution in [2.75, 3.05) is 36.0 Å². The summed E-state index contributed by atoms with van der Waals surface area (Å²) in [6.45, 7) is 5.61. The lowest BCUT2D eigenvalue weighted by atomic mass is 10.1. The molecule has 3 heterocycles. The molecule has 0 aliphatic carbocycles. The van der Waals surface area contributed by atoms with E-state index in [2.05, 4.69) is 32.8 Å². The van der Waals surface area contributed by atoms with Crippen molar-refractivity contribution in [2.45, 2.75) is 6.92 Å². The number of benzene rings is 1. The van der Waals surface area contributed by atoms with Crippen LogP contribution in [0.5, 0.6) is 0 Å². The summed E-state index contributed by atoms with van der Waals surface area (Å²) in [6, 6.07) is 12.9. The monoisotopic (exact) mass is 322 g/mol. The molecule has 4 nitrogen and oxygen atoms in total. The zero-order chi connectivity index (χ0) is 16.5. The molecule has 24 heavy (non-hydrogen) atoms. The van der Waals surface area contributed by atoms with Crippen molar-refractivity contribution in [2.24, 2.45) is 0 Å². The van der Waals surface area contributed by atoms with Crippen molar-refractivity contribution in [3.05, 3.63) is 60.0 Å². The summed E-state index contributed by atoms with van der Waals surface area (Å²) in [5.74, 6) is 1.69. The number of nitrogens with zero attached hydrogens (tertiary/aromatic N) is 4. The molecule has 0 radical (unpaired) electrons. The zero-order valence-electron chi connectivity index (χ0n) is 13.6. The molecule has 1 aromatic carbocycles. The van der Waals surface area contributed by atoms with Crippen molar-refractivity contribution in [3.63, 3.8) is 0 Å². The van der Waals surface area contributed by atoms with Crippen LogP contribution in [0.25, 0.3) is 10.9 Å². The molecule has 1 aliphatic heterocycles. The molecule has 5 heteroatoms. The summed E-state index contributed by atoms with van der Waals surface area (Å²) >= 11 is 0. The SMILES string of the molecule is Cc1cc(N2CCN(c3ccccn3)CC2)nc2cc(F)ccc12. The van der Waals surface area contributed by atoms with Crippen molar-refractivity contribution in [1.29, 1.82) is 0 Å². The van der Waals surface area contributed by atoms with E-state index in [-0.39, 0.29) is 5.82 Å². The third-order valence-electron chi connectivity index (χ3n) is 4.54. The Kier molecular flexibility index (Phi) is 3.76. The lowest BCUT2D eigenvalue weighted by molar-refractivity contribution is 0.629. The van der Waals surface area contributed by atoms with Crippen molar-refractivity contribution in [1.82, 2.24) is 9.97 Å². The quantitative estimate of drug-likeness (QED) is 0.724. The van der Waals surface area contributed by atoms with E-state index in [4.69, 9.17) is 0 Å². The third kappa shape index (κ3) is 2.77. The molecule has 0 N–H and O–H groups in total. The van der Waals surface area contributed by atoms with E-state index in [1.165, 1.54) is 12.1 Å². The van der Waals surface area contributed by atoms with Gasteiger partial charge in [0.25, 0.3) is 0 Å². The van der Waals surface area contributed by atoms with Crippen LogP contribution in [0.3, 0.4) is 0 Å². The highest BCUT2D eigenvalue weighted by Crippen LogP contribution is 2.24. The molecule has 1 aliphatic rings. The van der Waals surface area contributed by atoms with E-state index in [0.717, 1.165) is 54.3 Å². The second-order valence-corrected chi connectivity index (χ2v) is 6.12. The topological polar surface area (TPSA) is 32.3 Å². The molecule has 0 saturated carbocycles. The van der Waals surface area contributed by atoms with Gasteiger partial charge in [0.1, 0.15) is 17.5 Å². The van der Waals surface area contributed by atoms with Crippen LogP contribution in [0, 0.1) is 12.7 Å². The fraction of sp³-hybridized carbons (Fsp3) is 0.263. The lowest BCUT2D eigenvalue weighted by Crippen LogP contribution is -2.47. The first kappa shape index (κ1) is 14.9. The van der Waals surface area contributed by atoms with Gasteiger partial charge in [0.2, 0.25) is 0 Å². The highest BCUT2D eigenvalue weighted by Gasteiger charge is 2.19. The fourth-order valence-corrected chi connectivity index (χ4v) is 3.23. The van der Waals surface area contributed by atoms with Gasteiger partial charge in [0.05, 0.1) is 5.52 Å². The van der Waals surface area contributed by atoms with Gasteiger partial charge < -0.3 is 9.80 Å². The van der Waals surface area contributed by atoms with Crippen molar-refractivity contribution >= 4 is 22.5 Å². The first-order chi connectivity index (χ1) is 11.7. The molecule has 122 valence electrons. The van der Waals surface area contributed by atoms with Crippen molar-refractivity contribution in [3.8, 4) is 0 Å². The standard InChI is InChI=1S/C19H19FN4/c1-14-12-19(22-17-13-15(20)5-6-16(14)17)24-10-8-23(9-11-24)18-4-2-3-7-21-18/h2-7,12-13H,8-11H2,1H3. The van der Waals surface area contributed by atoms with Gasteiger partial charge in [-0.1, -0.05) is 6.07 Å². The molecule has 0 bridgehead atoms. The predicted molar refractivity (Wildman–Crippen MR) is 95.1 cm³/mol. The predicted octanol–water partition coefficient (Wildman–Crippen LogP) is 3.40. The summed E-state index contributed by atoms with van der Waals surface area (Å²) in [5, 5.41) is 1.01. The molecule has 0 unspecified atom stereocenters. The Morgan fingerprint density at radius 3 is 2.38 bits per heavy atom.